The first-order valence-corrected chi connectivity index (χ1v) is 5.79. The summed E-state index contributed by atoms with van der Waals surface area (Å²) in [6.45, 7) is 2.04. The second kappa shape index (κ2) is 5.87. The van der Waals surface area contributed by atoms with Crippen LogP contribution in [0.3, 0.4) is 0 Å². The van der Waals surface area contributed by atoms with E-state index in [2.05, 4.69) is 10.5 Å². The molecule has 92 valence electrons. The number of hydrogen-bond acceptors (Lipinski definition) is 3. The van der Waals surface area contributed by atoms with Gasteiger partial charge in [-0.1, -0.05) is 30.3 Å². The summed E-state index contributed by atoms with van der Waals surface area (Å²) in [4.78, 5) is 0. The molecule has 3 heteroatoms. The Morgan fingerprint density at radius 3 is 2.56 bits per heavy atom. The zero-order valence-electron chi connectivity index (χ0n) is 10.6. The predicted molar refractivity (Wildman–Crippen MR) is 75.4 cm³/mol. The van der Waals surface area contributed by atoms with Crippen LogP contribution < -0.4 is 10.2 Å². The van der Waals surface area contributed by atoms with Gasteiger partial charge < -0.3 is 4.74 Å². The smallest absolute Gasteiger partial charge is 0.127 e. The fraction of sp³-hybridized carbons (Fsp3) is 0.133. The van der Waals surface area contributed by atoms with Crippen molar-refractivity contribution < 1.29 is 4.74 Å². The predicted octanol–water partition coefficient (Wildman–Crippen LogP) is 3.45. The van der Waals surface area contributed by atoms with Crippen LogP contribution in [0.1, 0.15) is 11.1 Å². The van der Waals surface area contributed by atoms with E-state index < -0.39 is 0 Å². The van der Waals surface area contributed by atoms with Gasteiger partial charge in [-0.05, 0) is 30.7 Å². The number of nitrogens with zero attached hydrogens (tertiary/aromatic N) is 1. The zero-order valence-corrected chi connectivity index (χ0v) is 10.6. The van der Waals surface area contributed by atoms with E-state index in [-0.39, 0.29) is 0 Å². The van der Waals surface area contributed by atoms with E-state index in [0.717, 1.165) is 22.6 Å². The number of hydrazone groups is 1. The first-order chi connectivity index (χ1) is 8.81. The minimum atomic E-state index is 0.813. The molecule has 0 aliphatic carbocycles. The fourth-order valence-electron chi connectivity index (χ4n) is 1.64. The molecule has 0 saturated heterocycles. The Balaban J connectivity index is 2.10. The van der Waals surface area contributed by atoms with E-state index in [1.165, 1.54) is 0 Å². The Labute approximate surface area is 107 Å². The van der Waals surface area contributed by atoms with Crippen LogP contribution >= 0.6 is 0 Å². The highest BCUT2D eigenvalue weighted by atomic mass is 16.5. The van der Waals surface area contributed by atoms with Crippen LogP contribution in [0.2, 0.25) is 0 Å². The molecule has 18 heavy (non-hydrogen) atoms. The molecule has 0 bridgehead atoms. The minimum absolute atomic E-state index is 0.813. The maximum absolute atomic E-state index is 5.25. The number of methoxy groups -OCH3 is 1. The second-order valence-corrected chi connectivity index (χ2v) is 3.93. The minimum Gasteiger partial charge on any atom is -0.496 e. The maximum Gasteiger partial charge on any atom is 0.127 e. The molecule has 0 spiro atoms. The Morgan fingerprint density at radius 1 is 1.06 bits per heavy atom. The molecule has 0 heterocycles. The molecule has 0 atom stereocenters. The highest BCUT2D eigenvalue weighted by molar-refractivity contribution is 5.84. The van der Waals surface area contributed by atoms with E-state index in [9.17, 15) is 0 Å². The van der Waals surface area contributed by atoms with Gasteiger partial charge in [0.2, 0.25) is 0 Å². The van der Waals surface area contributed by atoms with Crippen molar-refractivity contribution in [3.8, 4) is 5.75 Å². The molecular formula is C15H16N2O. The lowest BCUT2D eigenvalue weighted by atomic mass is 10.2. The number of aryl methyl sites for hydroxylation is 1. The largest absolute Gasteiger partial charge is 0.496 e. The van der Waals surface area contributed by atoms with Crippen LogP contribution in [-0.4, -0.2) is 13.3 Å². The van der Waals surface area contributed by atoms with Gasteiger partial charge in [0.15, 0.2) is 0 Å². The highest BCUT2D eigenvalue weighted by Gasteiger charge is 1.97. The molecule has 0 aliphatic heterocycles. The Hall–Kier alpha value is -2.29. The average molecular weight is 240 g/mol. The monoisotopic (exact) mass is 240 g/mol. The third-order valence-electron chi connectivity index (χ3n) is 2.67. The third kappa shape index (κ3) is 2.88. The molecule has 0 aliphatic rings. The highest BCUT2D eigenvalue weighted by Crippen LogP contribution is 2.16. The van der Waals surface area contributed by atoms with E-state index >= 15 is 0 Å². The van der Waals surface area contributed by atoms with Crippen molar-refractivity contribution >= 4 is 11.9 Å². The van der Waals surface area contributed by atoms with Gasteiger partial charge in [-0.15, -0.1) is 0 Å². The maximum atomic E-state index is 5.25. The first kappa shape index (κ1) is 12.2. The van der Waals surface area contributed by atoms with Crippen molar-refractivity contribution in [1.29, 1.82) is 0 Å². The van der Waals surface area contributed by atoms with Gasteiger partial charge in [0, 0.05) is 5.56 Å². The molecule has 0 fully saturated rings. The quantitative estimate of drug-likeness (QED) is 0.656. The van der Waals surface area contributed by atoms with Crippen LogP contribution in [-0.2, 0) is 0 Å². The molecule has 2 rings (SSSR count). The van der Waals surface area contributed by atoms with Crippen molar-refractivity contribution in [2.45, 2.75) is 6.92 Å². The Morgan fingerprint density at radius 2 is 1.78 bits per heavy atom. The number of hydrogen-bond donors (Lipinski definition) is 1. The number of para-hydroxylation sites is 2. The lowest BCUT2D eigenvalue weighted by molar-refractivity contribution is 0.414. The Bertz CT molecular complexity index is 550. The van der Waals surface area contributed by atoms with E-state index in [0.29, 0.717) is 0 Å². The SMILES string of the molecule is COc1ccccc1/C=N\Nc1ccccc1C. The van der Waals surface area contributed by atoms with Crippen LogP contribution in [0.4, 0.5) is 5.69 Å². The average Bonchev–Trinajstić information content (AvgIpc) is 2.41. The summed E-state index contributed by atoms with van der Waals surface area (Å²) < 4.78 is 5.25. The summed E-state index contributed by atoms with van der Waals surface area (Å²) in [6.07, 6.45) is 1.76. The summed E-state index contributed by atoms with van der Waals surface area (Å²) in [5.74, 6) is 0.813. The third-order valence-corrected chi connectivity index (χ3v) is 2.67. The van der Waals surface area contributed by atoms with Crippen molar-refractivity contribution in [3.63, 3.8) is 0 Å². The van der Waals surface area contributed by atoms with Gasteiger partial charge in [-0.25, -0.2) is 0 Å². The van der Waals surface area contributed by atoms with Gasteiger partial charge in [0.05, 0.1) is 19.0 Å². The number of anilines is 1. The molecule has 1 N–H and O–H groups in total. The number of benzene rings is 2. The van der Waals surface area contributed by atoms with Crippen LogP contribution in [0.25, 0.3) is 0 Å². The van der Waals surface area contributed by atoms with Gasteiger partial charge in [-0.3, -0.25) is 5.43 Å². The number of nitrogens with one attached hydrogen (secondary N) is 1. The van der Waals surface area contributed by atoms with E-state index in [1.54, 1.807) is 13.3 Å². The molecule has 2 aromatic carbocycles. The van der Waals surface area contributed by atoms with Crippen molar-refractivity contribution in [1.82, 2.24) is 0 Å². The molecule has 0 radical (unpaired) electrons. The molecule has 0 unspecified atom stereocenters. The summed E-state index contributed by atoms with van der Waals surface area (Å²) in [6, 6.07) is 15.8. The summed E-state index contributed by atoms with van der Waals surface area (Å²) in [5.41, 5.74) is 6.14. The zero-order chi connectivity index (χ0) is 12.8. The van der Waals surface area contributed by atoms with Gasteiger partial charge in [-0.2, -0.15) is 5.10 Å². The normalized spacial score (nSPS) is 10.6. The molecule has 0 saturated carbocycles. The molecule has 0 aromatic heterocycles. The summed E-state index contributed by atoms with van der Waals surface area (Å²) in [5, 5.41) is 4.23. The number of ether oxygens (including phenoxy) is 1. The van der Waals surface area contributed by atoms with Crippen molar-refractivity contribution in [2.75, 3.05) is 12.5 Å². The molecular weight excluding hydrogens is 224 g/mol. The van der Waals surface area contributed by atoms with Gasteiger partial charge >= 0.3 is 0 Å². The lowest BCUT2D eigenvalue weighted by Gasteiger charge is -2.05. The first-order valence-electron chi connectivity index (χ1n) is 5.79. The topological polar surface area (TPSA) is 33.6 Å². The van der Waals surface area contributed by atoms with E-state index in [1.807, 2.05) is 55.5 Å². The summed E-state index contributed by atoms with van der Waals surface area (Å²) in [7, 11) is 1.65. The van der Waals surface area contributed by atoms with Crippen LogP contribution in [0.5, 0.6) is 5.75 Å². The molecule has 3 nitrogen and oxygen atoms in total. The van der Waals surface area contributed by atoms with Crippen LogP contribution in [0.15, 0.2) is 53.6 Å². The fourth-order valence-corrected chi connectivity index (χ4v) is 1.64. The van der Waals surface area contributed by atoms with Crippen molar-refractivity contribution in [3.05, 3.63) is 59.7 Å². The Kier molecular flexibility index (Phi) is 3.97. The second-order valence-electron chi connectivity index (χ2n) is 3.93. The van der Waals surface area contributed by atoms with Gasteiger partial charge in [0.25, 0.3) is 0 Å². The standard InChI is InChI=1S/C15H16N2O/c1-12-7-3-5-9-14(12)17-16-11-13-8-4-6-10-15(13)18-2/h3-11,17H,1-2H3/b16-11-. The van der Waals surface area contributed by atoms with E-state index in [4.69, 9.17) is 4.74 Å². The van der Waals surface area contributed by atoms with Gasteiger partial charge in [0.1, 0.15) is 5.75 Å². The number of rotatable bonds is 4. The van der Waals surface area contributed by atoms with Crippen LogP contribution in [0, 0.1) is 6.92 Å². The van der Waals surface area contributed by atoms with Crippen molar-refractivity contribution in [2.24, 2.45) is 5.10 Å². The lowest BCUT2D eigenvalue weighted by Crippen LogP contribution is -1.94. The molecule has 0 amide bonds. The summed E-state index contributed by atoms with van der Waals surface area (Å²) >= 11 is 0. The molecule has 2 aromatic rings.